The Labute approximate surface area is 207 Å². The number of hydrogen-bond donors (Lipinski definition) is 0. The maximum absolute atomic E-state index is 13.0. The van der Waals surface area contributed by atoms with Crippen molar-refractivity contribution in [3.05, 3.63) is 75.9 Å². The van der Waals surface area contributed by atoms with Crippen LogP contribution in [0.1, 0.15) is 55.8 Å². The fraction of sp³-hybridized carbons (Fsp3) is 0.360. The summed E-state index contributed by atoms with van der Waals surface area (Å²) in [5, 5.41) is 16.3. The van der Waals surface area contributed by atoms with Crippen molar-refractivity contribution in [3.8, 4) is 0 Å². The molecule has 0 amide bonds. The van der Waals surface area contributed by atoms with E-state index in [1.165, 1.54) is 10.9 Å². The minimum Gasteiger partial charge on any atom is -0.571 e. The van der Waals surface area contributed by atoms with Crippen LogP contribution in [0.25, 0.3) is 0 Å². The molecule has 1 saturated heterocycles. The summed E-state index contributed by atoms with van der Waals surface area (Å²) in [6, 6.07) is 10.1. The summed E-state index contributed by atoms with van der Waals surface area (Å²) in [7, 11) is 0. The van der Waals surface area contributed by atoms with Crippen molar-refractivity contribution in [3.63, 3.8) is 0 Å². The number of hydrogen-bond acceptors (Lipinski definition) is 9. The Balaban J connectivity index is 1.16. The van der Waals surface area contributed by atoms with Gasteiger partial charge in [0.2, 0.25) is 17.3 Å². The molecule has 3 heterocycles. The summed E-state index contributed by atoms with van der Waals surface area (Å²) >= 11 is 0. The summed E-state index contributed by atoms with van der Waals surface area (Å²) in [4.78, 5) is 46.8. The Hall–Kier alpha value is -4.12. The molecule has 1 fully saturated rings. The van der Waals surface area contributed by atoms with E-state index in [0.717, 1.165) is 38.5 Å². The topological polar surface area (TPSA) is 125 Å². The molecule has 3 aromatic rings. The Bertz CT molecular complexity index is 1310. The maximum Gasteiger partial charge on any atom is 0.339 e. The molecular weight excluding hydrogens is 464 g/mol. The average Bonchev–Trinajstić information content (AvgIpc) is 3.24. The van der Waals surface area contributed by atoms with Crippen LogP contribution in [0.15, 0.2) is 42.6 Å². The van der Waals surface area contributed by atoms with Gasteiger partial charge in [-0.3, -0.25) is 14.5 Å². The quantitative estimate of drug-likeness (QED) is 0.213. The van der Waals surface area contributed by atoms with E-state index >= 15 is 0 Å². The molecule has 1 aromatic carbocycles. The van der Waals surface area contributed by atoms with Crippen LogP contribution in [0.5, 0.6) is 0 Å². The predicted octanol–water partition coefficient (Wildman–Crippen LogP) is 1.08. The van der Waals surface area contributed by atoms with Crippen LogP contribution in [-0.2, 0) is 11.3 Å². The smallest absolute Gasteiger partial charge is 0.339 e. The summed E-state index contributed by atoms with van der Waals surface area (Å²) in [5.41, 5.74) is 1.000. The third-order valence-corrected chi connectivity index (χ3v) is 6.52. The van der Waals surface area contributed by atoms with Crippen molar-refractivity contribution < 1.29 is 24.1 Å². The van der Waals surface area contributed by atoms with Crippen molar-refractivity contribution in [1.29, 1.82) is 0 Å². The molecule has 0 unspecified atom stereocenters. The molecule has 11 heteroatoms. The van der Waals surface area contributed by atoms with E-state index in [1.807, 2.05) is 6.07 Å². The lowest BCUT2D eigenvalue weighted by Crippen LogP contribution is -2.47. The van der Waals surface area contributed by atoms with E-state index < -0.39 is 5.78 Å². The zero-order chi connectivity index (χ0) is 25.2. The van der Waals surface area contributed by atoms with Gasteiger partial charge in [-0.2, -0.15) is 0 Å². The predicted molar refractivity (Wildman–Crippen MR) is 128 cm³/mol. The lowest BCUT2D eigenvalue weighted by molar-refractivity contribution is -0.749. The minimum absolute atomic E-state index is 0.0656. The van der Waals surface area contributed by atoms with Gasteiger partial charge in [0, 0.05) is 60.1 Å². The van der Waals surface area contributed by atoms with E-state index in [2.05, 4.69) is 19.9 Å². The second kappa shape index (κ2) is 9.86. The number of nitrogens with zero attached hydrogens (tertiary/aromatic N) is 6. The van der Waals surface area contributed by atoms with Crippen LogP contribution in [0, 0.1) is 5.21 Å². The Morgan fingerprint density at radius 2 is 1.75 bits per heavy atom. The number of rotatable bonds is 7. The number of piperazine rings is 1. The normalized spacial score (nSPS) is 15.5. The van der Waals surface area contributed by atoms with E-state index in [-0.39, 0.29) is 35.2 Å². The number of aromatic nitrogens is 4. The second-order valence-electron chi connectivity index (χ2n) is 8.68. The van der Waals surface area contributed by atoms with Crippen LogP contribution in [0.2, 0.25) is 0 Å². The molecule has 36 heavy (non-hydrogen) atoms. The highest BCUT2D eigenvalue weighted by molar-refractivity contribution is 6.26. The Morgan fingerprint density at radius 1 is 1.03 bits per heavy atom. The van der Waals surface area contributed by atoms with Gasteiger partial charge in [-0.05, 0) is 25.5 Å². The van der Waals surface area contributed by atoms with Gasteiger partial charge in [0.25, 0.3) is 0 Å². The summed E-state index contributed by atoms with van der Waals surface area (Å²) in [6.45, 7) is 6.27. The molecular formula is C25H26N6O5. The van der Waals surface area contributed by atoms with E-state index in [1.54, 1.807) is 37.3 Å². The number of pyridine rings is 1. The van der Waals surface area contributed by atoms with E-state index in [0.29, 0.717) is 29.1 Å². The number of esters is 1. The molecule has 0 saturated carbocycles. The molecule has 1 aliphatic heterocycles. The number of carbonyl (C=O) groups is 3. The fourth-order valence-corrected chi connectivity index (χ4v) is 4.66. The van der Waals surface area contributed by atoms with Gasteiger partial charge in [0.15, 0.2) is 5.69 Å². The summed E-state index contributed by atoms with van der Waals surface area (Å²) in [6.07, 6.45) is 2.16. The van der Waals surface area contributed by atoms with Gasteiger partial charge in [-0.1, -0.05) is 24.3 Å². The third-order valence-electron chi connectivity index (χ3n) is 6.52. The molecule has 0 radical (unpaired) electrons. The van der Waals surface area contributed by atoms with E-state index in [9.17, 15) is 19.6 Å². The highest BCUT2D eigenvalue weighted by atomic mass is 16.5. The fourth-order valence-electron chi connectivity index (χ4n) is 4.66. The largest absolute Gasteiger partial charge is 0.571 e. The molecule has 2 aromatic heterocycles. The summed E-state index contributed by atoms with van der Waals surface area (Å²) < 4.78 is 6.26. The SMILES string of the molecule is CCOC(=O)c1ccc(N2CCN(CCCn3c4c(n[n+]3[O-])C(=O)c3ccccc3C4=O)CC2)nc1. The van der Waals surface area contributed by atoms with Gasteiger partial charge in [-0.15, -0.1) is 4.68 Å². The van der Waals surface area contributed by atoms with Crippen LogP contribution in [-0.4, -0.2) is 76.5 Å². The third kappa shape index (κ3) is 4.33. The number of fused-ring (bicyclic) bond motifs is 2. The molecule has 186 valence electrons. The molecule has 0 spiro atoms. The average molecular weight is 491 g/mol. The van der Waals surface area contributed by atoms with Crippen LogP contribution in [0.4, 0.5) is 5.82 Å². The maximum atomic E-state index is 13.0. The van der Waals surface area contributed by atoms with Crippen molar-refractivity contribution >= 4 is 23.4 Å². The first-order valence-electron chi connectivity index (χ1n) is 12.0. The van der Waals surface area contributed by atoms with Gasteiger partial charge < -0.3 is 14.8 Å². The number of ether oxygens (including phenoxy) is 1. The number of carbonyl (C=O) groups excluding carboxylic acids is 3. The first kappa shape index (κ1) is 23.6. The van der Waals surface area contributed by atoms with Crippen molar-refractivity contribution in [2.24, 2.45) is 0 Å². The van der Waals surface area contributed by atoms with Crippen LogP contribution in [0.3, 0.4) is 0 Å². The molecule has 11 nitrogen and oxygen atoms in total. The van der Waals surface area contributed by atoms with Crippen molar-refractivity contribution in [1.82, 2.24) is 19.7 Å². The molecule has 5 rings (SSSR count). The molecule has 0 atom stereocenters. The van der Waals surface area contributed by atoms with Crippen LogP contribution < -0.4 is 9.86 Å². The zero-order valence-electron chi connectivity index (χ0n) is 19.9. The number of anilines is 1. The molecule has 0 bridgehead atoms. The highest BCUT2D eigenvalue weighted by Crippen LogP contribution is 2.25. The Morgan fingerprint density at radius 3 is 2.42 bits per heavy atom. The molecule has 1 aliphatic carbocycles. The monoisotopic (exact) mass is 490 g/mol. The number of ketones is 2. The van der Waals surface area contributed by atoms with Gasteiger partial charge >= 0.3 is 5.97 Å². The van der Waals surface area contributed by atoms with Gasteiger partial charge in [-0.25, -0.2) is 9.78 Å². The lowest BCUT2D eigenvalue weighted by Gasteiger charge is -2.35. The van der Waals surface area contributed by atoms with Crippen molar-refractivity contribution in [2.75, 3.05) is 44.2 Å². The lowest BCUT2D eigenvalue weighted by atomic mass is 9.90. The molecule has 2 aliphatic rings. The first-order valence-corrected chi connectivity index (χ1v) is 12.0. The zero-order valence-corrected chi connectivity index (χ0v) is 19.9. The van der Waals surface area contributed by atoms with Crippen molar-refractivity contribution in [2.45, 2.75) is 19.9 Å². The van der Waals surface area contributed by atoms with Gasteiger partial charge in [0.05, 0.1) is 18.7 Å². The second-order valence-corrected chi connectivity index (χ2v) is 8.68. The molecule has 0 N–H and O–H groups in total. The summed E-state index contributed by atoms with van der Waals surface area (Å²) in [5.74, 6) is -0.320. The minimum atomic E-state index is -0.399. The van der Waals surface area contributed by atoms with Gasteiger partial charge in [0.1, 0.15) is 5.82 Å². The Kier molecular flexibility index (Phi) is 6.47. The number of benzene rings is 1. The highest BCUT2D eigenvalue weighted by Gasteiger charge is 2.39. The standard InChI is InChI=1S/C25H26N6O5/c1-2-36-25(34)17-8-9-20(26-16-17)29-14-12-28(13-15-29)10-5-11-30-22-21(27-31(30)35)23(32)18-6-3-4-7-19(18)24(22)33/h3-4,6-9,16H,2,5,10-15H2,1H3. The van der Waals surface area contributed by atoms with E-state index in [4.69, 9.17) is 4.74 Å². The first-order chi connectivity index (χ1) is 17.5. The van der Waals surface area contributed by atoms with Crippen LogP contribution >= 0.6 is 0 Å².